The molecule has 0 bridgehead atoms. The summed E-state index contributed by atoms with van der Waals surface area (Å²) in [5, 5.41) is 18.5. The fraction of sp³-hybridized carbons (Fsp3) is 0.333. The quantitative estimate of drug-likeness (QED) is 0.459. The highest BCUT2D eigenvalue weighted by atomic mass is 32.2. The van der Waals surface area contributed by atoms with Crippen LogP contribution in [0, 0.1) is 6.92 Å². The van der Waals surface area contributed by atoms with E-state index in [1.54, 1.807) is 63.4 Å². The van der Waals surface area contributed by atoms with Crippen molar-refractivity contribution in [1.29, 1.82) is 0 Å². The minimum absolute atomic E-state index is 0.281. The molecule has 0 saturated heterocycles. The number of aryl methyl sites for hydroxylation is 1. The Kier molecular flexibility index (Phi) is 6.69. The third-order valence-electron chi connectivity index (χ3n) is 6.40. The monoisotopic (exact) mass is 512 g/mol. The van der Waals surface area contributed by atoms with Crippen LogP contribution in [0.25, 0.3) is 17.1 Å². The second-order valence-electron chi connectivity index (χ2n) is 8.81. The summed E-state index contributed by atoms with van der Waals surface area (Å²) in [6.07, 6.45) is 6.95. The van der Waals surface area contributed by atoms with Crippen LogP contribution in [0.3, 0.4) is 0 Å². The summed E-state index contributed by atoms with van der Waals surface area (Å²) in [4.78, 5) is 4.33. The Morgan fingerprint density at radius 1 is 1.06 bits per heavy atom. The van der Waals surface area contributed by atoms with E-state index < -0.39 is 21.3 Å². The number of benzene rings is 1. The van der Waals surface area contributed by atoms with Gasteiger partial charge in [-0.15, -0.1) is 9.69 Å². The van der Waals surface area contributed by atoms with E-state index in [0.29, 0.717) is 34.5 Å². The molecule has 0 amide bonds. The van der Waals surface area contributed by atoms with E-state index in [0.717, 1.165) is 11.1 Å². The molecule has 2 aromatic heterocycles. The van der Waals surface area contributed by atoms with Gasteiger partial charge in [0.2, 0.25) is 10.0 Å². The zero-order chi connectivity index (χ0) is 26.3. The van der Waals surface area contributed by atoms with Crippen LogP contribution in [0.5, 0.6) is 11.5 Å². The first-order chi connectivity index (χ1) is 17.0. The van der Waals surface area contributed by atoms with Crippen LogP contribution < -0.4 is 19.2 Å². The molecule has 1 aromatic carbocycles. The van der Waals surface area contributed by atoms with Crippen LogP contribution in [-0.4, -0.2) is 59.9 Å². The van der Waals surface area contributed by atoms with Gasteiger partial charge in [0.05, 0.1) is 20.4 Å². The summed E-state index contributed by atoms with van der Waals surface area (Å²) in [5.41, 5.74) is 3.02. The summed E-state index contributed by atoms with van der Waals surface area (Å²) in [7, 11) is -0.773. The van der Waals surface area contributed by atoms with Crippen molar-refractivity contribution >= 4 is 22.2 Å². The van der Waals surface area contributed by atoms with Crippen molar-refractivity contribution in [2.24, 2.45) is 10.2 Å². The Morgan fingerprint density at radius 3 is 2.25 bits per heavy atom. The highest BCUT2D eigenvalue weighted by Gasteiger charge is 2.50. The Bertz CT molecular complexity index is 1440. The SMILES string of the molecule is COc1cccc(OC)c1-n1c(-c2cncc(C)c2)nnc1[N+]1([C@@H](C)[C@H](C)S(N)(=O)=O)C=C(C)C=N1. The number of rotatable bonds is 8. The predicted octanol–water partition coefficient (Wildman–Crippen LogP) is 2.93. The summed E-state index contributed by atoms with van der Waals surface area (Å²) < 4.78 is 37.7. The molecule has 1 unspecified atom stereocenters. The van der Waals surface area contributed by atoms with Gasteiger partial charge in [0, 0.05) is 23.5 Å². The number of aromatic nitrogens is 4. The fourth-order valence-electron chi connectivity index (χ4n) is 4.30. The van der Waals surface area contributed by atoms with E-state index in [4.69, 9.17) is 19.7 Å². The molecule has 2 N–H and O–H groups in total. The Labute approximate surface area is 210 Å². The number of hydrogen-bond donors (Lipinski definition) is 1. The van der Waals surface area contributed by atoms with E-state index in [2.05, 4.69) is 15.2 Å². The first-order valence-corrected chi connectivity index (χ1v) is 12.9. The van der Waals surface area contributed by atoms with E-state index >= 15 is 0 Å². The van der Waals surface area contributed by atoms with Crippen LogP contribution in [0.4, 0.5) is 5.95 Å². The van der Waals surface area contributed by atoms with Gasteiger partial charge < -0.3 is 9.47 Å². The summed E-state index contributed by atoms with van der Waals surface area (Å²) in [6, 6.07) is 6.70. The topological polar surface area (TPSA) is 135 Å². The molecule has 12 heteroatoms. The van der Waals surface area contributed by atoms with Crippen LogP contribution in [0.1, 0.15) is 26.3 Å². The number of nitrogens with two attached hydrogens (primary N) is 1. The number of primary sulfonamides is 1. The predicted molar refractivity (Wildman–Crippen MR) is 139 cm³/mol. The number of pyridine rings is 1. The van der Waals surface area contributed by atoms with Gasteiger partial charge in [0.1, 0.15) is 34.7 Å². The molecule has 0 spiro atoms. The Hall–Kier alpha value is -3.61. The molecule has 3 heterocycles. The van der Waals surface area contributed by atoms with Gasteiger partial charge in [-0.3, -0.25) is 4.98 Å². The largest absolute Gasteiger partial charge is 0.494 e. The van der Waals surface area contributed by atoms with Crippen LogP contribution in [0.15, 0.2) is 53.5 Å². The third kappa shape index (κ3) is 4.27. The average molecular weight is 513 g/mol. The lowest BCUT2D eigenvalue weighted by Gasteiger charge is -2.33. The molecule has 0 fully saturated rings. The van der Waals surface area contributed by atoms with Crippen LogP contribution in [-0.2, 0) is 10.0 Å². The van der Waals surface area contributed by atoms with Crippen molar-refractivity contribution in [3.63, 3.8) is 0 Å². The maximum Gasteiger partial charge on any atom is 0.366 e. The van der Waals surface area contributed by atoms with Crippen molar-refractivity contribution in [3.8, 4) is 28.6 Å². The first-order valence-electron chi connectivity index (χ1n) is 11.3. The number of sulfonamides is 1. The van der Waals surface area contributed by atoms with Crippen LogP contribution in [0.2, 0.25) is 0 Å². The van der Waals surface area contributed by atoms with Gasteiger partial charge in [-0.05, 0) is 51.5 Å². The normalized spacial score (nSPS) is 19.1. The average Bonchev–Trinajstić information content (AvgIpc) is 3.46. The lowest BCUT2D eigenvalue weighted by atomic mass is 10.2. The van der Waals surface area contributed by atoms with Crippen molar-refractivity contribution in [2.45, 2.75) is 39.0 Å². The van der Waals surface area contributed by atoms with E-state index in [1.807, 2.05) is 32.2 Å². The highest BCUT2D eigenvalue weighted by molar-refractivity contribution is 7.89. The maximum atomic E-state index is 12.4. The van der Waals surface area contributed by atoms with Gasteiger partial charge in [0.15, 0.2) is 5.82 Å². The van der Waals surface area contributed by atoms with Crippen molar-refractivity contribution in [3.05, 3.63) is 54.0 Å². The first kappa shape index (κ1) is 25.5. The standard InChI is InChI=1S/C24H30N7O4S/c1-15-10-19(13-26-11-15)23-28-29-24(30(23)22-20(34-5)8-7-9-21(22)35-6)31(14-16(2)12-27-31)17(3)18(4)36(25,32)33/h7-14,17-18H,1-6H3,(H2,25,32,33)/q+1/t17-,18-,31?/m0/s1. The lowest BCUT2D eigenvalue weighted by Crippen LogP contribution is -2.55. The number of para-hydroxylation sites is 1. The molecule has 3 aromatic rings. The number of hydrogen-bond acceptors (Lipinski definition) is 8. The lowest BCUT2D eigenvalue weighted by molar-refractivity contribution is 0.284. The summed E-state index contributed by atoms with van der Waals surface area (Å²) in [6.45, 7) is 7.15. The molecule has 11 nitrogen and oxygen atoms in total. The summed E-state index contributed by atoms with van der Waals surface area (Å²) in [5.74, 6) is 1.81. The summed E-state index contributed by atoms with van der Waals surface area (Å²) >= 11 is 0. The van der Waals surface area contributed by atoms with E-state index in [9.17, 15) is 8.42 Å². The molecule has 1 aliphatic heterocycles. The molecule has 190 valence electrons. The molecule has 0 radical (unpaired) electrons. The molecule has 3 atom stereocenters. The van der Waals surface area contributed by atoms with E-state index in [1.165, 1.54) is 0 Å². The molecule has 0 saturated carbocycles. The zero-order valence-corrected chi connectivity index (χ0v) is 21.9. The second kappa shape index (κ2) is 9.45. The number of allylic oxidation sites excluding steroid dienone is 1. The Morgan fingerprint density at radius 2 is 1.72 bits per heavy atom. The number of methoxy groups -OCH3 is 2. The minimum Gasteiger partial charge on any atom is -0.494 e. The minimum atomic E-state index is -3.89. The molecular weight excluding hydrogens is 482 g/mol. The zero-order valence-electron chi connectivity index (χ0n) is 21.1. The van der Waals surface area contributed by atoms with Gasteiger partial charge in [-0.2, -0.15) is 0 Å². The highest BCUT2D eigenvalue weighted by Crippen LogP contribution is 2.42. The Balaban J connectivity index is 2.11. The van der Waals surface area contributed by atoms with Crippen LogP contribution >= 0.6 is 0 Å². The molecule has 4 rings (SSSR count). The molecule has 36 heavy (non-hydrogen) atoms. The van der Waals surface area contributed by atoms with Gasteiger partial charge in [-0.1, -0.05) is 16.3 Å². The third-order valence-corrected chi connectivity index (χ3v) is 7.83. The van der Waals surface area contributed by atoms with E-state index in [-0.39, 0.29) is 4.59 Å². The number of ether oxygens (including phenoxy) is 2. The van der Waals surface area contributed by atoms with Crippen molar-refractivity contribution in [2.75, 3.05) is 14.2 Å². The maximum absolute atomic E-state index is 12.4. The second-order valence-corrected chi connectivity index (χ2v) is 10.7. The fourth-order valence-corrected chi connectivity index (χ4v) is 5.04. The number of nitrogens with zero attached hydrogens (tertiary/aromatic N) is 6. The van der Waals surface area contributed by atoms with Gasteiger partial charge in [0.25, 0.3) is 0 Å². The van der Waals surface area contributed by atoms with Gasteiger partial charge in [-0.25, -0.2) is 18.1 Å². The molecule has 0 aliphatic carbocycles. The smallest absolute Gasteiger partial charge is 0.366 e. The molecular formula is C24H30N7O4S+. The number of quaternary nitrogens is 1. The molecule has 1 aliphatic rings. The van der Waals surface area contributed by atoms with Crippen molar-refractivity contribution < 1.29 is 17.9 Å². The van der Waals surface area contributed by atoms with Gasteiger partial charge >= 0.3 is 5.95 Å². The van der Waals surface area contributed by atoms with Crippen molar-refractivity contribution in [1.82, 2.24) is 24.3 Å².